The Labute approximate surface area is 200 Å². The molecule has 0 fully saturated rings. The molecule has 7 nitrogen and oxygen atoms in total. The maximum absolute atomic E-state index is 12.2. The second-order valence-corrected chi connectivity index (χ2v) is 8.98. The van der Waals surface area contributed by atoms with Crippen molar-refractivity contribution in [1.82, 2.24) is 15.2 Å². The Balaban J connectivity index is 1.37. The number of amides is 1. The Kier molecular flexibility index (Phi) is 7.21. The normalized spacial score (nSPS) is 10.6. The van der Waals surface area contributed by atoms with Gasteiger partial charge in [-0.15, -0.1) is 21.5 Å². The molecule has 0 aliphatic rings. The summed E-state index contributed by atoms with van der Waals surface area (Å²) in [6.07, 6.45) is 0. The van der Waals surface area contributed by atoms with Gasteiger partial charge in [0.1, 0.15) is 27.2 Å². The molecule has 4 rings (SSSR count). The average Bonchev–Trinajstić information content (AvgIpc) is 3.25. The van der Waals surface area contributed by atoms with Crippen molar-refractivity contribution in [1.29, 1.82) is 0 Å². The number of anilines is 1. The van der Waals surface area contributed by atoms with Gasteiger partial charge in [0.15, 0.2) is 0 Å². The van der Waals surface area contributed by atoms with Gasteiger partial charge in [-0.3, -0.25) is 4.79 Å². The van der Waals surface area contributed by atoms with Gasteiger partial charge in [-0.25, -0.2) is 4.98 Å². The average molecular weight is 479 g/mol. The highest BCUT2D eigenvalue weighted by molar-refractivity contribution is 7.99. The van der Waals surface area contributed by atoms with E-state index >= 15 is 0 Å². The number of nitrogens with one attached hydrogen (secondary N) is 1. The van der Waals surface area contributed by atoms with E-state index in [2.05, 4.69) is 20.5 Å². The summed E-state index contributed by atoms with van der Waals surface area (Å²) >= 11 is 2.91. The third-order valence-corrected chi connectivity index (χ3v) is 6.88. The third kappa shape index (κ3) is 5.68. The van der Waals surface area contributed by atoms with Gasteiger partial charge in [-0.1, -0.05) is 11.8 Å². The monoisotopic (exact) mass is 478 g/mol. The lowest BCUT2D eigenvalue weighted by Gasteiger charge is -2.06. The van der Waals surface area contributed by atoms with Crippen LogP contribution in [-0.2, 0) is 4.79 Å². The largest absolute Gasteiger partial charge is 0.497 e. The smallest absolute Gasteiger partial charge is 0.234 e. The van der Waals surface area contributed by atoms with E-state index < -0.39 is 0 Å². The van der Waals surface area contributed by atoms with Crippen LogP contribution in [0.4, 0.5) is 5.69 Å². The van der Waals surface area contributed by atoms with Crippen LogP contribution in [0.3, 0.4) is 0 Å². The fourth-order valence-corrected chi connectivity index (χ4v) is 4.67. The van der Waals surface area contributed by atoms with Gasteiger partial charge in [-0.2, -0.15) is 0 Å². The SMILES string of the molecule is COc1ccc(NC(=O)CSc2ccc(-c3sc(-c4ccc(OC)cc4)nc3C)nn2)cc1. The van der Waals surface area contributed by atoms with E-state index in [1.54, 1.807) is 49.8 Å². The summed E-state index contributed by atoms with van der Waals surface area (Å²) < 4.78 is 10.3. The van der Waals surface area contributed by atoms with Crippen LogP contribution >= 0.6 is 23.1 Å². The van der Waals surface area contributed by atoms with E-state index in [0.29, 0.717) is 5.03 Å². The maximum Gasteiger partial charge on any atom is 0.234 e. The highest BCUT2D eigenvalue weighted by Gasteiger charge is 2.14. The Morgan fingerprint density at radius 3 is 2.21 bits per heavy atom. The Bertz CT molecular complexity index is 1220. The minimum absolute atomic E-state index is 0.113. The summed E-state index contributed by atoms with van der Waals surface area (Å²) in [7, 11) is 3.25. The van der Waals surface area contributed by atoms with Crippen molar-refractivity contribution in [2.75, 3.05) is 25.3 Å². The maximum atomic E-state index is 12.2. The molecule has 2 aromatic heterocycles. The molecule has 0 spiro atoms. The molecule has 2 heterocycles. The topological polar surface area (TPSA) is 86.2 Å². The zero-order valence-corrected chi connectivity index (χ0v) is 20.0. The van der Waals surface area contributed by atoms with E-state index in [4.69, 9.17) is 9.47 Å². The van der Waals surface area contributed by atoms with Crippen LogP contribution < -0.4 is 14.8 Å². The van der Waals surface area contributed by atoms with Crippen molar-refractivity contribution in [3.8, 4) is 32.6 Å². The van der Waals surface area contributed by atoms with Gasteiger partial charge >= 0.3 is 0 Å². The summed E-state index contributed by atoms with van der Waals surface area (Å²) in [5.41, 5.74) is 3.41. The van der Waals surface area contributed by atoms with E-state index in [9.17, 15) is 4.79 Å². The summed E-state index contributed by atoms with van der Waals surface area (Å²) in [4.78, 5) is 17.9. The van der Waals surface area contributed by atoms with Crippen LogP contribution in [0.1, 0.15) is 5.69 Å². The van der Waals surface area contributed by atoms with Crippen molar-refractivity contribution in [3.63, 3.8) is 0 Å². The number of rotatable bonds is 8. The number of hydrogen-bond donors (Lipinski definition) is 1. The lowest BCUT2D eigenvalue weighted by Crippen LogP contribution is -2.14. The number of aromatic nitrogens is 3. The number of carbonyl (C=O) groups excluding carboxylic acids is 1. The second-order valence-electron chi connectivity index (χ2n) is 6.98. The summed E-state index contributed by atoms with van der Waals surface area (Å²) in [6, 6.07) is 18.8. The zero-order chi connectivity index (χ0) is 23.2. The van der Waals surface area contributed by atoms with Crippen LogP contribution in [0.15, 0.2) is 65.7 Å². The molecule has 0 aliphatic heterocycles. The molecule has 4 aromatic rings. The second kappa shape index (κ2) is 10.5. The highest BCUT2D eigenvalue weighted by atomic mass is 32.2. The van der Waals surface area contributed by atoms with Crippen LogP contribution in [0.5, 0.6) is 11.5 Å². The standard InChI is InChI=1S/C24H22N4O3S2/c1-15-23(33-24(25-15)16-4-8-18(30-2)9-5-16)20-12-13-22(28-27-20)32-14-21(29)26-17-6-10-19(31-3)11-7-17/h4-13H,14H2,1-3H3,(H,26,29). The number of benzene rings is 2. The van der Waals surface area contributed by atoms with Crippen molar-refractivity contribution in [3.05, 3.63) is 66.4 Å². The first-order valence-corrected chi connectivity index (χ1v) is 11.9. The van der Waals surface area contributed by atoms with Gasteiger partial charge in [0, 0.05) is 11.3 Å². The number of ether oxygens (including phenoxy) is 2. The van der Waals surface area contributed by atoms with Crippen LogP contribution in [-0.4, -0.2) is 41.1 Å². The van der Waals surface area contributed by atoms with E-state index in [1.807, 2.05) is 43.3 Å². The minimum Gasteiger partial charge on any atom is -0.497 e. The van der Waals surface area contributed by atoms with E-state index in [0.717, 1.165) is 44.0 Å². The fraction of sp³-hybridized carbons (Fsp3) is 0.167. The van der Waals surface area contributed by atoms with Crippen LogP contribution in [0.25, 0.3) is 21.1 Å². The molecule has 2 aromatic carbocycles. The van der Waals surface area contributed by atoms with Crippen molar-refractivity contribution in [2.24, 2.45) is 0 Å². The summed E-state index contributed by atoms with van der Waals surface area (Å²) in [5, 5.41) is 13.1. The molecule has 168 valence electrons. The van der Waals surface area contributed by atoms with Crippen LogP contribution in [0.2, 0.25) is 0 Å². The van der Waals surface area contributed by atoms with Gasteiger partial charge < -0.3 is 14.8 Å². The van der Waals surface area contributed by atoms with Gasteiger partial charge in [0.25, 0.3) is 0 Å². The summed E-state index contributed by atoms with van der Waals surface area (Å²) in [6.45, 7) is 1.96. The van der Waals surface area contributed by atoms with Crippen molar-refractivity contribution < 1.29 is 14.3 Å². The zero-order valence-electron chi connectivity index (χ0n) is 18.4. The first kappa shape index (κ1) is 22.8. The molecule has 0 radical (unpaired) electrons. The lowest BCUT2D eigenvalue weighted by atomic mass is 10.2. The molecule has 0 bridgehead atoms. The number of carbonyl (C=O) groups is 1. The van der Waals surface area contributed by atoms with Gasteiger partial charge in [0.2, 0.25) is 5.91 Å². The molecule has 0 saturated heterocycles. The number of hydrogen-bond acceptors (Lipinski definition) is 8. The predicted molar refractivity (Wildman–Crippen MR) is 132 cm³/mol. The minimum atomic E-state index is -0.113. The van der Waals surface area contributed by atoms with E-state index in [-0.39, 0.29) is 11.7 Å². The highest BCUT2D eigenvalue weighted by Crippen LogP contribution is 2.35. The van der Waals surface area contributed by atoms with Gasteiger partial charge in [-0.05, 0) is 67.6 Å². The molecule has 0 unspecified atom stereocenters. The number of thioether (sulfide) groups is 1. The number of thiazole rings is 1. The Morgan fingerprint density at radius 1 is 0.939 bits per heavy atom. The van der Waals surface area contributed by atoms with Crippen molar-refractivity contribution in [2.45, 2.75) is 11.9 Å². The fourth-order valence-electron chi connectivity index (χ4n) is 3.02. The summed E-state index contributed by atoms with van der Waals surface area (Å²) in [5.74, 6) is 1.67. The molecule has 0 atom stereocenters. The first-order chi connectivity index (χ1) is 16.1. The van der Waals surface area contributed by atoms with Gasteiger partial charge in [0.05, 0.1) is 30.5 Å². The number of nitrogens with zero attached hydrogens (tertiary/aromatic N) is 3. The van der Waals surface area contributed by atoms with Crippen molar-refractivity contribution >= 4 is 34.7 Å². The lowest BCUT2D eigenvalue weighted by molar-refractivity contribution is -0.113. The molecule has 1 N–H and O–H groups in total. The molecule has 33 heavy (non-hydrogen) atoms. The predicted octanol–water partition coefficient (Wildman–Crippen LogP) is 5.32. The molecule has 1 amide bonds. The number of methoxy groups -OCH3 is 2. The Morgan fingerprint density at radius 2 is 1.61 bits per heavy atom. The van der Waals surface area contributed by atoms with Crippen LogP contribution in [0, 0.1) is 6.92 Å². The third-order valence-electron chi connectivity index (χ3n) is 4.73. The quantitative estimate of drug-likeness (QED) is 0.343. The molecular weight excluding hydrogens is 456 g/mol. The molecule has 9 heteroatoms. The number of aryl methyl sites for hydroxylation is 1. The Hall–Kier alpha value is -3.43. The van der Waals surface area contributed by atoms with E-state index in [1.165, 1.54) is 11.8 Å². The molecule has 0 saturated carbocycles. The first-order valence-electron chi connectivity index (χ1n) is 10.1. The molecule has 0 aliphatic carbocycles. The molecular formula is C24H22N4O3S2.